The van der Waals surface area contributed by atoms with E-state index in [4.69, 9.17) is 4.42 Å². The molecule has 96 valence electrons. The summed E-state index contributed by atoms with van der Waals surface area (Å²) in [6, 6.07) is 1.59. The molecule has 1 aromatic rings. The Bertz CT molecular complexity index is 363. The molecule has 5 heteroatoms. The minimum atomic E-state index is 0.427. The maximum absolute atomic E-state index is 5.68. The number of aromatic nitrogens is 2. The second-order valence-corrected chi connectivity index (χ2v) is 5.36. The van der Waals surface area contributed by atoms with E-state index in [0.29, 0.717) is 36.5 Å². The molecule has 2 atom stereocenters. The molecule has 2 heterocycles. The molecule has 0 bridgehead atoms. The standard InChI is InChI=1S/C12H22N4O/c1-8(2)13-6-11-14-15-12(17-11)16-7-9(3)5-10(16)4/h8-10,13H,5-7H2,1-4H3. The fraction of sp³-hybridized carbons (Fsp3) is 0.833. The first kappa shape index (κ1) is 12.4. The molecule has 17 heavy (non-hydrogen) atoms. The van der Waals surface area contributed by atoms with Crippen LogP contribution in [0.3, 0.4) is 0 Å². The molecule has 5 nitrogen and oxygen atoms in total. The number of nitrogens with one attached hydrogen (secondary N) is 1. The summed E-state index contributed by atoms with van der Waals surface area (Å²) in [5, 5.41) is 11.5. The van der Waals surface area contributed by atoms with Crippen LogP contribution >= 0.6 is 0 Å². The summed E-state index contributed by atoms with van der Waals surface area (Å²) in [6.07, 6.45) is 1.20. The van der Waals surface area contributed by atoms with E-state index >= 15 is 0 Å². The molecule has 2 rings (SSSR count). The molecular formula is C12H22N4O. The zero-order chi connectivity index (χ0) is 12.4. The summed E-state index contributed by atoms with van der Waals surface area (Å²) in [6.45, 7) is 10.3. The molecule has 1 aromatic heterocycles. The van der Waals surface area contributed by atoms with E-state index in [9.17, 15) is 0 Å². The maximum atomic E-state index is 5.68. The lowest BCUT2D eigenvalue weighted by Gasteiger charge is -2.17. The number of hydrogen-bond acceptors (Lipinski definition) is 5. The average molecular weight is 238 g/mol. The van der Waals surface area contributed by atoms with Crippen molar-refractivity contribution in [3.05, 3.63) is 5.89 Å². The lowest BCUT2D eigenvalue weighted by atomic mass is 10.1. The van der Waals surface area contributed by atoms with Crippen molar-refractivity contribution in [1.82, 2.24) is 15.5 Å². The van der Waals surface area contributed by atoms with Gasteiger partial charge in [-0.05, 0) is 19.3 Å². The summed E-state index contributed by atoms with van der Waals surface area (Å²) in [4.78, 5) is 2.20. The molecule has 1 aliphatic heterocycles. The van der Waals surface area contributed by atoms with Gasteiger partial charge in [0.2, 0.25) is 5.89 Å². The van der Waals surface area contributed by atoms with Crippen molar-refractivity contribution in [1.29, 1.82) is 0 Å². The molecule has 1 aliphatic rings. The van der Waals surface area contributed by atoms with Crippen LogP contribution in [0.2, 0.25) is 0 Å². The van der Waals surface area contributed by atoms with Gasteiger partial charge < -0.3 is 14.6 Å². The van der Waals surface area contributed by atoms with Crippen LogP contribution in [-0.2, 0) is 6.54 Å². The third-order valence-electron chi connectivity index (χ3n) is 3.15. The molecule has 0 amide bonds. The van der Waals surface area contributed by atoms with Gasteiger partial charge in [0.15, 0.2) is 0 Å². The number of anilines is 1. The van der Waals surface area contributed by atoms with E-state index < -0.39 is 0 Å². The Balaban J connectivity index is 1.98. The van der Waals surface area contributed by atoms with Gasteiger partial charge in [0.25, 0.3) is 0 Å². The van der Waals surface area contributed by atoms with Gasteiger partial charge in [-0.15, -0.1) is 5.10 Å². The van der Waals surface area contributed by atoms with Crippen molar-refractivity contribution in [3.8, 4) is 0 Å². The maximum Gasteiger partial charge on any atom is 0.318 e. The molecule has 0 aromatic carbocycles. The molecule has 2 unspecified atom stereocenters. The predicted molar refractivity (Wildman–Crippen MR) is 66.9 cm³/mol. The van der Waals surface area contributed by atoms with Crippen molar-refractivity contribution in [2.75, 3.05) is 11.4 Å². The molecule has 0 aliphatic carbocycles. The fourth-order valence-electron chi connectivity index (χ4n) is 2.29. The van der Waals surface area contributed by atoms with Gasteiger partial charge in [-0.25, -0.2) is 0 Å². The minimum absolute atomic E-state index is 0.427. The second kappa shape index (κ2) is 5.04. The van der Waals surface area contributed by atoms with Gasteiger partial charge in [-0.3, -0.25) is 0 Å². The van der Waals surface area contributed by atoms with E-state index in [1.165, 1.54) is 6.42 Å². The quantitative estimate of drug-likeness (QED) is 0.867. The molecular weight excluding hydrogens is 216 g/mol. The zero-order valence-electron chi connectivity index (χ0n) is 11.1. The van der Waals surface area contributed by atoms with E-state index in [1.807, 2.05) is 0 Å². The Labute approximate surface area is 103 Å². The second-order valence-electron chi connectivity index (χ2n) is 5.36. The summed E-state index contributed by atoms with van der Waals surface area (Å²) in [7, 11) is 0. The third-order valence-corrected chi connectivity index (χ3v) is 3.15. The van der Waals surface area contributed by atoms with E-state index in [1.54, 1.807) is 0 Å². The van der Waals surface area contributed by atoms with Crippen LogP contribution in [0.1, 0.15) is 40.0 Å². The highest BCUT2D eigenvalue weighted by molar-refractivity contribution is 5.28. The van der Waals surface area contributed by atoms with E-state index in [0.717, 1.165) is 6.54 Å². The average Bonchev–Trinajstić information content (AvgIpc) is 2.82. The largest absolute Gasteiger partial charge is 0.407 e. The summed E-state index contributed by atoms with van der Waals surface area (Å²) in [5.74, 6) is 1.37. The van der Waals surface area contributed by atoms with Gasteiger partial charge in [0.05, 0.1) is 6.54 Å². The Morgan fingerprint density at radius 3 is 2.76 bits per heavy atom. The van der Waals surface area contributed by atoms with Gasteiger partial charge in [0.1, 0.15) is 0 Å². The van der Waals surface area contributed by atoms with Gasteiger partial charge in [-0.1, -0.05) is 25.9 Å². The number of nitrogens with zero attached hydrogens (tertiary/aromatic N) is 3. The Kier molecular flexibility index (Phi) is 3.66. The highest BCUT2D eigenvalue weighted by Gasteiger charge is 2.29. The summed E-state index contributed by atoms with van der Waals surface area (Å²) < 4.78 is 5.68. The highest BCUT2D eigenvalue weighted by Crippen LogP contribution is 2.27. The number of rotatable bonds is 4. The van der Waals surface area contributed by atoms with Crippen LogP contribution in [0.5, 0.6) is 0 Å². The first-order valence-corrected chi connectivity index (χ1v) is 6.38. The molecule has 0 radical (unpaired) electrons. The Hall–Kier alpha value is -1.10. The molecule has 1 fully saturated rings. The van der Waals surface area contributed by atoms with Crippen molar-refractivity contribution in [3.63, 3.8) is 0 Å². The minimum Gasteiger partial charge on any atom is -0.407 e. The lowest BCUT2D eigenvalue weighted by Crippen LogP contribution is -2.26. The first-order chi connectivity index (χ1) is 8.06. The summed E-state index contributed by atoms with van der Waals surface area (Å²) in [5.41, 5.74) is 0. The van der Waals surface area contributed by atoms with Crippen molar-refractivity contribution in [2.24, 2.45) is 5.92 Å². The highest BCUT2D eigenvalue weighted by atomic mass is 16.4. The molecule has 1 N–H and O–H groups in total. The molecule has 0 saturated carbocycles. The van der Waals surface area contributed by atoms with Crippen LogP contribution < -0.4 is 10.2 Å². The number of hydrogen-bond donors (Lipinski definition) is 1. The van der Waals surface area contributed by atoms with Crippen LogP contribution in [0.4, 0.5) is 6.01 Å². The van der Waals surface area contributed by atoms with Crippen LogP contribution in [-0.4, -0.2) is 28.8 Å². The monoisotopic (exact) mass is 238 g/mol. The van der Waals surface area contributed by atoms with Crippen LogP contribution in [0, 0.1) is 5.92 Å². The Morgan fingerprint density at radius 1 is 1.41 bits per heavy atom. The van der Waals surface area contributed by atoms with Crippen molar-refractivity contribution in [2.45, 2.75) is 52.7 Å². The van der Waals surface area contributed by atoms with E-state index in [2.05, 4.69) is 48.1 Å². The van der Waals surface area contributed by atoms with Gasteiger partial charge in [-0.2, -0.15) is 0 Å². The van der Waals surface area contributed by atoms with Crippen molar-refractivity contribution >= 4 is 6.01 Å². The van der Waals surface area contributed by atoms with Crippen molar-refractivity contribution < 1.29 is 4.42 Å². The smallest absolute Gasteiger partial charge is 0.318 e. The lowest BCUT2D eigenvalue weighted by molar-refractivity contribution is 0.445. The normalized spacial score (nSPS) is 24.9. The topological polar surface area (TPSA) is 54.2 Å². The fourth-order valence-corrected chi connectivity index (χ4v) is 2.29. The SMILES string of the molecule is CC1CC(C)N(c2nnc(CNC(C)C)o2)C1. The molecule has 1 saturated heterocycles. The van der Waals surface area contributed by atoms with Gasteiger partial charge >= 0.3 is 6.01 Å². The van der Waals surface area contributed by atoms with Crippen LogP contribution in [0.15, 0.2) is 4.42 Å². The first-order valence-electron chi connectivity index (χ1n) is 6.38. The third kappa shape index (κ3) is 2.97. The predicted octanol–water partition coefficient (Wildman–Crippen LogP) is 1.80. The van der Waals surface area contributed by atoms with Gasteiger partial charge in [0, 0.05) is 18.6 Å². The zero-order valence-corrected chi connectivity index (χ0v) is 11.1. The van der Waals surface area contributed by atoms with Crippen LogP contribution in [0.25, 0.3) is 0 Å². The summed E-state index contributed by atoms with van der Waals surface area (Å²) >= 11 is 0. The Morgan fingerprint density at radius 2 is 2.18 bits per heavy atom. The molecule has 0 spiro atoms. The van der Waals surface area contributed by atoms with E-state index in [-0.39, 0.29) is 0 Å².